The third-order valence-corrected chi connectivity index (χ3v) is 3.32. The van der Waals surface area contributed by atoms with Crippen LogP contribution in [0.2, 0.25) is 0 Å². The quantitative estimate of drug-likeness (QED) is 0.776. The second-order valence-corrected chi connectivity index (χ2v) is 4.43. The van der Waals surface area contributed by atoms with Gasteiger partial charge in [0.25, 0.3) is 0 Å². The number of carbonyl (C=O) groups is 1. The molecule has 0 saturated carbocycles. The monoisotopic (exact) mass is 238 g/mol. The van der Waals surface area contributed by atoms with Crippen molar-refractivity contribution in [2.75, 3.05) is 20.3 Å². The molecule has 2 rings (SSSR count). The van der Waals surface area contributed by atoms with Crippen LogP contribution >= 0.6 is 0 Å². The summed E-state index contributed by atoms with van der Waals surface area (Å²) in [4.78, 5) is 12.3. The van der Waals surface area contributed by atoms with Gasteiger partial charge >= 0.3 is 0 Å². The largest absolute Gasteiger partial charge is 0.381 e. The van der Waals surface area contributed by atoms with Crippen LogP contribution in [-0.2, 0) is 27.7 Å². The molecule has 1 aromatic heterocycles. The molecular formula is C12H18N2O3. The molecule has 0 aromatic carbocycles. The van der Waals surface area contributed by atoms with Crippen LogP contribution < -0.4 is 0 Å². The molecular weight excluding hydrogens is 220 g/mol. The maximum atomic E-state index is 12.3. The Kier molecular flexibility index (Phi) is 3.59. The molecule has 0 unspecified atom stereocenters. The van der Waals surface area contributed by atoms with E-state index in [0.717, 1.165) is 5.56 Å². The third-order valence-electron chi connectivity index (χ3n) is 3.32. The number of Topliss-reactive ketones (excluding diaryl/α,β-unsaturated/α-hetero) is 1. The van der Waals surface area contributed by atoms with Crippen molar-refractivity contribution in [2.24, 2.45) is 7.05 Å². The summed E-state index contributed by atoms with van der Waals surface area (Å²) in [6, 6.07) is 0. The van der Waals surface area contributed by atoms with Crippen LogP contribution in [0.1, 0.15) is 18.4 Å². The van der Waals surface area contributed by atoms with Gasteiger partial charge in [0.1, 0.15) is 5.60 Å². The molecule has 0 aliphatic carbocycles. The van der Waals surface area contributed by atoms with Gasteiger partial charge in [0.2, 0.25) is 0 Å². The van der Waals surface area contributed by atoms with Crippen molar-refractivity contribution in [3.63, 3.8) is 0 Å². The van der Waals surface area contributed by atoms with Gasteiger partial charge in [-0.3, -0.25) is 9.48 Å². The molecule has 1 aromatic rings. The number of aromatic nitrogens is 2. The van der Waals surface area contributed by atoms with Crippen molar-refractivity contribution in [3.05, 3.63) is 18.0 Å². The van der Waals surface area contributed by atoms with Crippen LogP contribution in [-0.4, -0.2) is 41.5 Å². The SMILES string of the molecule is COC1(C(=O)Cc2cnn(C)c2)CCOCC1. The Balaban J connectivity index is 2.07. The van der Waals surface area contributed by atoms with Crippen LogP contribution in [0, 0.1) is 0 Å². The van der Waals surface area contributed by atoms with Gasteiger partial charge in [0.15, 0.2) is 5.78 Å². The number of hydrogen-bond acceptors (Lipinski definition) is 4. The highest BCUT2D eigenvalue weighted by Gasteiger charge is 2.39. The summed E-state index contributed by atoms with van der Waals surface area (Å²) in [5, 5.41) is 4.06. The Morgan fingerprint density at radius 1 is 1.59 bits per heavy atom. The van der Waals surface area contributed by atoms with Crippen molar-refractivity contribution in [2.45, 2.75) is 24.9 Å². The first-order valence-corrected chi connectivity index (χ1v) is 5.80. The van der Waals surface area contributed by atoms with Crippen molar-refractivity contribution in [1.82, 2.24) is 9.78 Å². The maximum absolute atomic E-state index is 12.3. The van der Waals surface area contributed by atoms with Gasteiger partial charge < -0.3 is 9.47 Å². The fraction of sp³-hybridized carbons (Fsp3) is 0.667. The predicted octanol–water partition coefficient (Wildman–Crippen LogP) is 0.727. The fourth-order valence-corrected chi connectivity index (χ4v) is 2.21. The topological polar surface area (TPSA) is 53.3 Å². The van der Waals surface area contributed by atoms with Gasteiger partial charge in [0.05, 0.1) is 6.20 Å². The van der Waals surface area contributed by atoms with E-state index in [9.17, 15) is 4.79 Å². The molecule has 0 atom stereocenters. The van der Waals surface area contributed by atoms with Gasteiger partial charge in [0, 0.05) is 52.8 Å². The normalized spacial score (nSPS) is 19.2. The smallest absolute Gasteiger partial charge is 0.169 e. The first-order valence-electron chi connectivity index (χ1n) is 5.80. The number of rotatable bonds is 4. The number of carbonyl (C=O) groups excluding carboxylic acids is 1. The van der Waals surface area contributed by atoms with E-state index >= 15 is 0 Å². The molecule has 2 heterocycles. The average Bonchev–Trinajstić information content (AvgIpc) is 2.75. The second-order valence-electron chi connectivity index (χ2n) is 4.43. The lowest BCUT2D eigenvalue weighted by Gasteiger charge is -2.34. The Labute approximate surface area is 101 Å². The van der Waals surface area contributed by atoms with Crippen molar-refractivity contribution in [1.29, 1.82) is 0 Å². The zero-order valence-corrected chi connectivity index (χ0v) is 10.3. The highest BCUT2D eigenvalue weighted by molar-refractivity contribution is 5.89. The third kappa shape index (κ3) is 2.56. The van der Waals surface area contributed by atoms with Crippen molar-refractivity contribution >= 4 is 5.78 Å². The summed E-state index contributed by atoms with van der Waals surface area (Å²) in [6.07, 6.45) is 5.24. The van der Waals surface area contributed by atoms with E-state index < -0.39 is 5.60 Å². The maximum Gasteiger partial charge on any atom is 0.169 e. The van der Waals surface area contributed by atoms with E-state index in [-0.39, 0.29) is 5.78 Å². The van der Waals surface area contributed by atoms with E-state index in [1.54, 1.807) is 18.0 Å². The standard InChI is InChI=1S/C12H18N2O3/c1-14-9-10(8-13-14)7-11(15)12(16-2)3-5-17-6-4-12/h8-9H,3-7H2,1-2H3. The van der Waals surface area contributed by atoms with Crippen molar-refractivity contribution < 1.29 is 14.3 Å². The fourth-order valence-electron chi connectivity index (χ4n) is 2.21. The van der Waals surface area contributed by atoms with Crippen LogP contribution in [0.25, 0.3) is 0 Å². The molecule has 5 nitrogen and oxygen atoms in total. The zero-order valence-electron chi connectivity index (χ0n) is 10.3. The summed E-state index contributed by atoms with van der Waals surface area (Å²) in [7, 11) is 3.45. The molecule has 5 heteroatoms. The molecule has 0 spiro atoms. The van der Waals surface area contributed by atoms with Gasteiger partial charge in [-0.1, -0.05) is 0 Å². The minimum absolute atomic E-state index is 0.122. The summed E-state index contributed by atoms with van der Waals surface area (Å²) in [5.74, 6) is 0.122. The van der Waals surface area contributed by atoms with Crippen LogP contribution in [0.15, 0.2) is 12.4 Å². The first kappa shape index (κ1) is 12.3. The molecule has 0 amide bonds. The molecule has 0 radical (unpaired) electrons. The summed E-state index contributed by atoms with van der Waals surface area (Å²) in [6.45, 7) is 1.18. The first-order chi connectivity index (χ1) is 8.16. The molecule has 1 aliphatic rings. The molecule has 1 aliphatic heterocycles. The Hall–Kier alpha value is -1.20. The van der Waals surface area contributed by atoms with Gasteiger partial charge in [-0.05, 0) is 5.56 Å². The summed E-state index contributed by atoms with van der Waals surface area (Å²) >= 11 is 0. The van der Waals surface area contributed by atoms with E-state index in [0.29, 0.717) is 32.5 Å². The molecule has 0 bridgehead atoms. The molecule has 1 fully saturated rings. The molecule has 17 heavy (non-hydrogen) atoms. The molecule has 1 saturated heterocycles. The minimum Gasteiger partial charge on any atom is -0.381 e. The van der Waals surface area contributed by atoms with E-state index in [2.05, 4.69) is 5.10 Å². The number of nitrogens with zero attached hydrogens (tertiary/aromatic N) is 2. The summed E-state index contributed by atoms with van der Waals surface area (Å²) in [5.41, 5.74) is 0.272. The molecule has 0 N–H and O–H groups in total. The number of hydrogen-bond donors (Lipinski definition) is 0. The molecule has 94 valence electrons. The predicted molar refractivity (Wildman–Crippen MR) is 61.7 cm³/mol. The number of aryl methyl sites for hydroxylation is 1. The van der Waals surface area contributed by atoms with E-state index in [4.69, 9.17) is 9.47 Å². The summed E-state index contributed by atoms with van der Waals surface area (Å²) < 4.78 is 12.4. The number of ketones is 1. The number of methoxy groups -OCH3 is 1. The lowest BCUT2D eigenvalue weighted by atomic mass is 9.86. The zero-order chi connectivity index (χ0) is 12.3. The Morgan fingerprint density at radius 2 is 2.29 bits per heavy atom. The minimum atomic E-state index is -0.659. The van der Waals surface area contributed by atoms with Crippen LogP contribution in [0.5, 0.6) is 0 Å². The van der Waals surface area contributed by atoms with Crippen LogP contribution in [0.3, 0.4) is 0 Å². The number of ether oxygens (including phenoxy) is 2. The lowest BCUT2D eigenvalue weighted by molar-refractivity contribution is -0.151. The van der Waals surface area contributed by atoms with Crippen molar-refractivity contribution in [3.8, 4) is 0 Å². The highest BCUT2D eigenvalue weighted by atomic mass is 16.5. The highest BCUT2D eigenvalue weighted by Crippen LogP contribution is 2.26. The van der Waals surface area contributed by atoms with E-state index in [1.807, 2.05) is 13.2 Å². The lowest BCUT2D eigenvalue weighted by Crippen LogP contribution is -2.46. The Morgan fingerprint density at radius 3 is 2.82 bits per heavy atom. The van der Waals surface area contributed by atoms with Gasteiger partial charge in [-0.25, -0.2) is 0 Å². The average molecular weight is 238 g/mol. The van der Waals surface area contributed by atoms with Crippen LogP contribution in [0.4, 0.5) is 0 Å². The van der Waals surface area contributed by atoms with E-state index in [1.165, 1.54) is 0 Å². The second kappa shape index (κ2) is 4.98. The van der Waals surface area contributed by atoms with Gasteiger partial charge in [-0.15, -0.1) is 0 Å². The van der Waals surface area contributed by atoms with Gasteiger partial charge in [-0.2, -0.15) is 5.10 Å². The Bertz CT molecular complexity index is 394.